The van der Waals surface area contributed by atoms with Crippen LogP contribution in [-0.2, 0) is 22.4 Å². The van der Waals surface area contributed by atoms with Crippen molar-refractivity contribution in [2.24, 2.45) is 20.7 Å². The summed E-state index contributed by atoms with van der Waals surface area (Å²) < 4.78 is 0. The maximum Gasteiger partial charge on any atom is 0.246 e. The second-order valence-corrected chi connectivity index (χ2v) is 8.74. The van der Waals surface area contributed by atoms with Gasteiger partial charge in [-0.05, 0) is 35.4 Å². The van der Waals surface area contributed by atoms with E-state index >= 15 is 0 Å². The lowest BCUT2D eigenvalue weighted by Crippen LogP contribution is -2.63. The predicted octanol–water partition coefficient (Wildman–Crippen LogP) is 3.26. The Balaban J connectivity index is 1.67. The van der Waals surface area contributed by atoms with E-state index in [0.717, 1.165) is 22.5 Å². The van der Waals surface area contributed by atoms with Gasteiger partial charge >= 0.3 is 0 Å². The molecule has 180 valence electrons. The SMILES string of the molecule is CN(C)N=Nc1ccc(CC2C(=O)N(C)C(Cc3ccc(N=NN(C)C)cc3)C(=O)N2C)cc1. The molecule has 0 saturated carbocycles. The van der Waals surface area contributed by atoms with Crippen LogP contribution in [0.1, 0.15) is 11.1 Å². The van der Waals surface area contributed by atoms with E-state index in [4.69, 9.17) is 0 Å². The summed E-state index contributed by atoms with van der Waals surface area (Å²) in [6, 6.07) is 14.0. The average Bonchev–Trinajstić information content (AvgIpc) is 2.82. The van der Waals surface area contributed by atoms with Crippen LogP contribution in [0, 0.1) is 0 Å². The molecular weight excluding hydrogens is 432 g/mol. The largest absolute Gasteiger partial charge is 0.332 e. The molecule has 0 radical (unpaired) electrons. The number of rotatable bonds is 8. The molecule has 0 N–H and O–H groups in total. The fourth-order valence-corrected chi connectivity index (χ4v) is 3.68. The quantitative estimate of drug-likeness (QED) is 0.442. The Morgan fingerprint density at radius 3 is 1.26 bits per heavy atom. The van der Waals surface area contributed by atoms with Gasteiger partial charge in [-0.15, -0.1) is 10.2 Å². The Bertz CT molecular complexity index is 962. The predicted molar refractivity (Wildman–Crippen MR) is 130 cm³/mol. The molecule has 1 fully saturated rings. The Kier molecular flexibility index (Phi) is 7.93. The van der Waals surface area contributed by atoms with E-state index in [1.165, 1.54) is 0 Å². The number of nitrogens with zero attached hydrogens (tertiary/aromatic N) is 8. The van der Waals surface area contributed by atoms with E-state index in [-0.39, 0.29) is 11.8 Å². The molecule has 2 unspecified atom stereocenters. The van der Waals surface area contributed by atoms with E-state index in [0.29, 0.717) is 12.8 Å². The number of benzene rings is 2. The number of piperazine rings is 1. The lowest BCUT2D eigenvalue weighted by molar-refractivity contribution is -0.158. The number of hydrogen-bond acceptors (Lipinski definition) is 6. The number of carbonyl (C=O) groups is 2. The zero-order valence-corrected chi connectivity index (χ0v) is 20.6. The van der Waals surface area contributed by atoms with Gasteiger partial charge in [0.1, 0.15) is 12.1 Å². The number of amides is 2. The monoisotopic (exact) mass is 464 g/mol. The standard InChI is InChI=1S/C24H32N8O2/c1-29(2)27-25-19-11-7-17(8-12-19)15-21-23(33)32(6)22(24(34)31(21)5)16-18-9-13-20(14-10-18)26-28-30(3)4/h7-14,21-22H,15-16H2,1-6H3. The molecule has 1 heterocycles. The maximum atomic E-state index is 13.2. The summed E-state index contributed by atoms with van der Waals surface area (Å²) in [4.78, 5) is 29.5. The summed E-state index contributed by atoms with van der Waals surface area (Å²) in [6.45, 7) is 0. The van der Waals surface area contributed by atoms with Crippen LogP contribution in [0.3, 0.4) is 0 Å². The van der Waals surface area contributed by atoms with Gasteiger partial charge in [0.2, 0.25) is 11.8 Å². The van der Waals surface area contributed by atoms with Gasteiger partial charge in [-0.3, -0.25) is 19.6 Å². The molecule has 10 heteroatoms. The topological polar surface area (TPSA) is 96.5 Å². The van der Waals surface area contributed by atoms with E-state index < -0.39 is 12.1 Å². The van der Waals surface area contributed by atoms with E-state index in [2.05, 4.69) is 20.7 Å². The fraction of sp³-hybridized carbons (Fsp3) is 0.417. The van der Waals surface area contributed by atoms with Crippen LogP contribution in [-0.4, -0.2) is 86.0 Å². The van der Waals surface area contributed by atoms with Crippen molar-refractivity contribution in [3.63, 3.8) is 0 Å². The molecule has 2 aromatic carbocycles. The maximum absolute atomic E-state index is 13.2. The first-order valence-corrected chi connectivity index (χ1v) is 11.0. The molecule has 3 rings (SSSR count). The first kappa shape index (κ1) is 24.8. The minimum Gasteiger partial charge on any atom is -0.332 e. The molecule has 0 aromatic heterocycles. The molecule has 34 heavy (non-hydrogen) atoms. The summed E-state index contributed by atoms with van der Waals surface area (Å²) in [6.07, 6.45) is 0.879. The third kappa shape index (κ3) is 6.15. The number of hydrogen-bond donors (Lipinski definition) is 0. The van der Waals surface area contributed by atoms with Crippen molar-refractivity contribution >= 4 is 23.2 Å². The minimum atomic E-state index is -0.545. The summed E-state index contributed by atoms with van der Waals surface area (Å²) in [7, 11) is 10.6. The third-order valence-electron chi connectivity index (χ3n) is 5.61. The Morgan fingerprint density at radius 2 is 0.971 bits per heavy atom. The van der Waals surface area contributed by atoms with Gasteiger partial charge in [0.05, 0.1) is 11.4 Å². The molecule has 1 aliphatic rings. The molecular formula is C24H32N8O2. The van der Waals surface area contributed by atoms with Crippen molar-refractivity contribution in [1.29, 1.82) is 0 Å². The summed E-state index contributed by atoms with van der Waals surface area (Å²) in [5.74, 6) is -0.139. The van der Waals surface area contributed by atoms with Crippen molar-refractivity contribution in [3.05, 3.63) is 59.7 Å². The first-order valence-electron chi connectivity index (χ1n) is 11.0. The number of carbonyl (C=O) groups excluding carboxylic acids is 2. The smallest absolute Gasteiger partial charge is 0.246 e. The summed E-state index contributed by atoms with van der Waals surface area (Å²) in [5, 5.41) is 19.4. The van der Waals surface area contributed by atoms with Gasteiger partial charge in [0.15, 0.2) is 0 Å². The van der Waals surface area contributed by atoms with E-state index in [1.807, 2.05) is 48.5 Å². The molecule has 1 saturated heterocycles. The van der Waals surface area contributed by atoms with Crippen LogP contribution in [0.5, 0.6) is 0 Å². The molecule has 2 amide bonds. The molecule has 0 aliphatic carbocycles. The van der Waals surface area contributed by atoms with Crippen molar-refractivity contribution < 1.29 is 9.59 Å². The van der Waals surface area contributed by atoms with Crippen LogP contribution < -0.4 is 0 Å². The van der Waals surface area contributed by atoms with Crippen LogP contribution >= 0.6 is 0 Å². The highest BCUT2D eigenvalue weighted by Gasteiger charge is 2.42. The molecule has 2 atom stereocenters. The molecule has 0 bridgehead atoms. The highest BCUT2D eigenvalue weighted by atomic mass is 16.2. The van der Waals surface area contributed by atoms with Gasteiger partial charge < -0.3 is 9.80 Å². The average molecular weight is 465 g/mol. The van der Waals surface area contributed by atoms with Gasteiger partial charge in [0, 0.05) is 55.1 Å². The van der Waals surface area contributed by atoms with Crippen molar-refractivity contribution in [1.82, 2.24) is 19.8 Å². The molecule has 2 aromatic rings. The summed E-state index contributed by atoms with van der Waals surface area (Å²) in [5.41, 5.74) is 3.36. The highest BCUT2D eigenvalue weighted by molar-refractivity contribution is 5.97. The fourth-order valence-electron chi connectivity index (χ4n) is 3.68. The Labute approximate surface area is 200 Å². The second-order valence-electron chi connectivity index (χ2n) is 8.74. The molecule has 0 spiro atoms. The molecule has 10 nitrogen and oxygen atoms in total. The van der Waals surface area contributed by atoms with E-state index in [9.17, 15) is 9.59 Å². The highest BCUT2D eigenvalue weighted by Crippen LogP contribution is 2.24. The van der Waals surface area contributed by atoms with Gasteiger partial charge in [-0.2, -0.15) is 0 Å². The van der Waals surface area contributed by atoms with Crippen LogP contribution in [0.4, 0.5) is 11.4 Å². The third-order valence-corrected chi connectivity index (χ3v) is 5.61. The Morgan fingerprint density at radius 1 is 0.647 bits per heavy atom. The second kappa shape index (κ2) is 10.9. The zero-order valence-electron chi connectivity index (χ0n) is 20.6. The van der Waals surface area contributed by atoms with E-state index in [1.54, 1.807) is 62.1 Å². The Hall–Kier alpha value is -3.82. The zero-order chi connectivity index (χ0) is 24.8. The van der Waals surface area contributed by atoms with Crippen LogP contribution in [0.25, 0.3) is 0 Å². The van der Waals surface area contributed by atoms with Crippen molar-refractivity contribution in [3.8, 4) is 0 Å². The molecule has 1 aliphatic heterocycles. The summed E-state index contributed by atoms with van der Waals surface area (Å²) >= 11 is 0. The lowest BCUT2D eigenvalue weighted by Gasteiger charge is -2.42. The number of likely N-dealkylation sites (N-methyl/N-ethyl adjacent to an activating group) is 2. The first-order chi connectivity index (χ1) is 16.2. The minimum absolute atomic E-state index is 0.0696. The van der Waals surface area contributed by atoms with Crippen LogP contribution in [0.2, 0.25) is 0 Å². The lowest BCUT2D eigenvalue weighted by atomic mass is 9.95. The van der Waals surface area contributed by atoms with Crippen molar-refractivity contribution in [2.75, 3.05) is 42.3 Å². The van der Waals surface area contributed by atoms with Gasteiger partial charge in [-0.25, -0.2) is 0 Å². The van der Waals surface area contributed by atoms with Gasteiger partial charge in [-0.1, -0.05) is 34.7 Å². The van der Waals surface area contributed by atoms with Crippen molar-refractivity contribution in [2.45, 2.75) is 24.9 Å². The van der Waals surface area contributed by atoms with Gasteiger partial charge in [0.25, 0.3) is 0 Å². The van der Waals surface area contributed by atoms with Crippen LogP contribution in [0.15, 0.2) is 69.2 Å². The normalized spacial score (nSPS) is 18.9.